The van der Waals surface area contributed by atoms with E-state index in [1.54, 1.807) is 13.1 Å². The third-order valence-electron chi connectivity index (χ3n) is 3.89. The van der Waals surface area contributed by atoms with Crippen molar-refractivity contribution in [1.82, 2.24) is 4.90 Å². The molecule has 2 aliphatic heterocycles. The van der Waals surface area contributed by atoms with Crippen LogP contribution in [-0.4, -0.2) is 40.6 Å². The van der Waals surface area contributed by atoms with Crippen LogP contribution in [0.15, 0.2) is 29.2 Å². The number of anilines is 1. The number of likely N-dealkylation sites (N-methyl/N-ethyl adjacent to an activating group) is 1. The number of hydrogen-bond acceptors (Lipinski definition) is 6. The maximum Gasteiger partial charge on any atom is 0.267 e. The molecule has 1 aromatic rings. The van der Waals surface area contributed by atoms with Crippen molar-refractivity contribution >= 4 is 57.3 Å². The van der Waals surface area contributed by atoms with E-state index in [1.165, 1.54) is 9.80 Å². The predicted octanol–water partition coefficient (Wildman–Crippen LogP) is 0.764. The molecule has 0 aromatic heterocycles. The first-order chi connectivity index (χ1) is 11.4. The second-order valence-electron chi connectivity index (χ2n) is 5.39. The van der Waals surface area contributed by atoms with Gasteiger partial charge in [-0.2, -0.15) is 0 Å². The van der Waals surface area contributed by atoms with Crippen LogP contribution in [-0.2, 0) is 14.4 Å². The van der Waals surface area contributed by atoms with Crippen LogP contribution < -0.4 is 10.0 Å². The number of nitrogens with zero attached hydrogens (tertiary/aromatic N) is 2. The molecular weight excluding hydrogens is 348 g/mol. The fraction of sp³-hybridized carbons (Fsp3) is 0.250. The maximum atomic E-state index is 12.7. The zero-order valence-corrected chi connectivity index (χ0v) is 14.4. The lowest BCUT2D eigenvalue weighted by atomic mass is 10.1. The van der Waals surface area contributed by atoms with Crippen LogP contribution >= 0.6 is 24.0 Å². The minimum atomic E-state index is -1.17. The molecule has 6 nitrogen and oxygen atoms in total. The van der Waals surface area contributed by atoms with Gasteiger partial charge in [0, 0.05) is 25.1 Å². The Balaban J connectivity index is 1.94. The molecule has 1 saturated heterocycles. The largest absolute Gasteiger partial charge is 0.550 e. The molecule has 0 spiro atoms. The Morgan fingerprint density at radius 2 is 1.96 bits per heavy atom. The lowest BCUT2D eigenvalue weighted by Gasteiger charge is -2.14. The zero-order valence-electron chi connectivity index (χ0n) is 12.8. The average molecular weight is 361 g/mol. The number of carbonyl (C=O) groups is 3. The molecule has 0 N–H and O–H groups in total. The number of thioether (sulfide) groups is 1. The van der Waals surface area contributed by atoms with E-state index in [-0.39, 0.29) is 31.2 Å². The van der Waals surface area contributed by atoms with Crippen LogP contribution in [0.25, 0.3) is 5.57 Å². The number of benzene rings is 1. The SMILES string of the molecule is CN1C(=O)/C(=C2/SC(=S)N(CCCC(=O)[O-])C2=O)c2ccccc21. The minimum Gasteiger partial charge on any atom is -0.550 e. The van der Waals surface area contributed by atoms with E-state index in [4.69, 9.17) is 12.2 Å². The third-order valence-corrected chi connectivity index (χ3v) is 5.34. The van der Waals surface area contributed by atoms with Crippen molar-refractivity contribution in [2.24, 2.45) is 0 Å². The molecule has 8 heteroatoms. The van der Waals surface area contributed by atoms with Gasteiger partial charge in [0.2, 0.25) is 0 Å². The van der Waals surface area contributed by atoms with Gasteiger partial charge in [-0.05, 0) is 18.9 Å². The minimum absolute atomic E-state index is 0.145. The summed E-state index contributed by atoms with van der Waals surface area (Å²) in [4.78, 5) is 38.9. The van der Waals surface area contributed by atoms with E-state index in [2.05, 4.69) is 0 Å². The summed E-state index contributed by atoms with van der Waals surface area (Å²) in [6, 6.07) is 7.26. The molecular formula is C16H13N2O4S2-. The summed E-state index contributed by atoms with van der Waals surface area (Å²) in [5, 5.41) is 10.5. The molecule has 1 aromatic carbocycles. The van der Waals surface area contributed by atoms with Crippen molar-refractivity contribution in [2.45, 2.75) is 12.8 Å². The summed E-state index contributed by atoms with van der Waals surface area (Å²) in [5.41, 5.74) is 1.81. The number of carboxylic acid groups (broad SMARTS) is 1. The lowest BCUT2D eigenvalue weighted by Crippen LogP contribution is -2.31. The lowest BCUT2D eigenvalue weighted by molar-refractivity contribution is -0.305. The number of aliphatic carboxylic acids is 1. The van der Waals surface area contributed by atoms with Gasteiger partial charge in [-0.15, -0.1) is 0 Å². The van der Waals surface area contributed by atoms with E-state index in [0.29, 0.717) is 20.4 Å². The molecule has 0 unspecified atom stereocenters. The number of carboxylic acids is 1. The van der Waals surface area contributed by atoms with E-state index in [0.717, 1.165) is 17.4 Å². The third kappa shape index (κ3) is 2.71. The molecule has 24 heavy (non-hydrogen) atoms. The van der Waals surface area contributed by atoms with E-state index >= 15 is 0 Å². The summed E-state index contributed by atoms with van der Waals surface area (Å²) < 4.78 is 0.334. The van der Waals surface area contributed by atoms with Crippen molar-refractivity contribution in [3.8, 4) is 0 Å². The standard InChI is InChI=1S/C16H14N2O4S2/c1-17-10-6-3-2-5-9(10)12(14(17)21)13-15(22)18(16(23)24-13)8-4-7-11(19)20/h2-3,5-6H,4,7-8H2,1H3,(H,19,20)/p-1/b13-12+. The summed E-state index contributed by atoms with van der Waals surface area (Å²) >= 11 is 6.31. The Hall–Kier alpha value is -2.19. The smallest absolute Gasteiger partial charge is 0.267 e. The summed E-state index contributed by atoms with van der Waals surface area (Å²) in [6.45, 7) is 0.196. The zero-order chi connectivity index (χ0) is 17.4. The van der Waals surface area contributed by atoms with Gasteiger partial charge >= 0.3 is 0 Å². The summed E-state index contributed by atoms with van der Waals surface area (Å²) in [7, 11) is 1.66. The number of hydrogen-bond donors (Lipinski definition) is 0. The number of thiocarbonyl (C=S) groups is 1. The second-order valence-corrected chi connectivity index (χ2v) is 7.03. The Morgan fingerprint density at radius 3 is 2.67 bits per heavy atom. The van der Waals surface area contributed by atoms with Crippen LogP contribution in [0.3, 0.4) is 0 Å². The monoisotopic (exact) mass is 361 g/mol. The fourth-order valence-electron chi connectivity index (χ4n) is 2.71. The van der Waals surface area contributed by atoms with Crippen molar-refractivity contribution in [2.75, 3.05) is 18.5 Å². The molecule has 124 valence electrons. The molecule has 3 rings (SSSR count). The molecule has 2 heterocycles. The van der Waals surface area contributed by atoms with Crippen LogP contribution in [0.4, 0.5) is 5.69 Å². The second kappa shape index (κ2) is 6.37. The number of rotatable bonds is 4. The molecule has 0 aliphatic carbocycles. The highest BCUT2D eigenvalue weighted by atomic mass is 32.2. The highest BCUT2D eigenvalue weighted by Crippen LogP contribution is 2.43. The Labute approximate surface area is 148 Å². The average Bonchev–Trinajstić information content (AvgIpc) is 2.96. The van der Waals surface area contributed by atoms with E-state index < -0.39 is 5.97 Å². The highest BCUT2D eigenvalue weighted by Gasteiger charge is 2.40. The topological polar surface area (TPSA) is 80.8 Å². The predicted molar refractivity (Wildman–Crippen MR) is 92.9 cm³/mol. The van der Waals surface area contributed by atoms with Gasteiger partial charge in [0.05, 0.1) is 16.2 Å². The Kier molecular flexibility index (Phi) is 4.42. The number of para-hydroxylation sites is 1. The van der Waals surface area contributed by atoms with Crippen molar-refractivity contribution in [3.05, 3.63) is 34.7 Å². The molecule has 1 fully saturated rings. The van der Waals surface area contributed by atoms with Gasteiger partial charge in [-0.25, -0.2) is 0 Å². The van der Waals surface area contributed by atoms with E-state index in [1.807, 2.05) is 18.2 Å². The first-order valence-electron chi connectivity index (χ1n) is 7.27. The van der Waals surface area contributed by atoms with Crippen LogP contribution in [0.2, 0.25) is 0 Å². The van der Waals surface area contributed by atoms with Gasteiger partial charge in [0.1, 0.15) is 4.32 Å². The van der Waals surface area contributed by atoms with Gasteiger partial charge in [-0.3, -0.25) is 14.5 Å². The normalized spacial score (nSPS) is 20.1. The molecule has 0 bridgehead atoms. The quantitative estimate of drug-likeness (QED) is 0.582. The number of amides is 2. The van der Waals surface area contributed by atoms with E-state index in [9.17, 15) is 19.5 Å². The molecule has 0 atom stereocenters. The highest BCUT2D eigenvalue weighted by molar-refractivity contribution is 8.26. The van der Waals surface area contributed by atoms with Gasteiger partial charge in [-0.1, -0.05) is 42.2 Å². The Morgan fingerprint density at radius 1 is 1.25 bits per heavy atom. The maximum absolute atomic E-state index is 12.7. The van der Waals surface area contributed by atoms with Crippen molar-refractivity contribution < 1.29 is 19.5 Å². The van der Waals surface area contributed by atoms with Crippen LogP contribution in [0.1, 0.15) is 18.4 Å². The molecule has 2 aliphatic rings. The fourth-order valence-corrected chi connectivity index (χ4v) is 4.09. The first-order valence-corrected chi connectivity index (χ1v) is 8.49. The van der Waals surface area contributed by atoms with Crippen LogP contribution in [0, 0.1) is 0 Å². The van der Waals surface area contributed by atoms with Gasteiger partial charge < -0.3 is 14.8 Å². The molecule has 0 saturated carbocycles. The number of fused-ring (bicyclic) bond motifs is 1. The van der Waals surface area contributed by atoms with Crippen molar-refractivity contribution in [1.29, 1.82) is 0 Å². The molecule has 2 amide bonds. The van der Waals surface area contributed by atoms with Crippen molar-refractivity contribution in [3.63, 3.8) is 0 Å². The summed E-state index contributed by atoms with van der Waals surface area (Å²) in [6.07, 6.45) is 0.106. The van der Waals surface area contributed by atoms with Gasteiger partial charge in [0.25, 0.3) is 11.8 Å². The first kappa shape index (κ1) is 16.7. The van der Waals surface area contributed by atoms with Gasteiger partial charge in [0.15, 0.2) is 0 Å². The van der Waals surface area contributed by atoms with Crippen LogP contribution in [0.5, 0.6) is 0 Å². The number of carbonyl (C=O) groups excluding carboxylic acids is 3. The summed E-state index contributed by atoms with van der Waals surface area (Å²) in [5.74, 6) is -1.76. The Bertz CT molecular complexity index is 803. The molecule has 0 radical (unpaired) electrons.